The molecule has 10 N–H and O–H groups in total. The van der Waals surface area contributed by atoms with Crippen LogP contribution in [-0.2, 0) is 81.9 Å². The molecule has 6 unspecified atom stereocenters. The molecule has 0 saturated carbocycles. The van der Waals surface area contributed by atoms with Crippen LogP contribution >= 0.6 is 46.9 Å². The first-order valence-corrected chi connectivity index (χ1v) is 32.5. The van der Waals surface area contributed by atoms with E-state index >= 15 is 0 Å². The van der Waals surface area contributed by atoms with Crippen LogP contribution in [0.15, 0.2) is 11.1 Å². The maximum Gasteiger partial charge on any atom is 0.490 e. The number of nitrogens with zero attached hydrogens (tertiary/aromatic N) is 7. The molecule has 4 amide bonds. The van der Waals surface area contributed by atoms with Gasteiger partial charge in [0.05, 0.1) is 25.1 Å². The number of hydrogen-bond donors (Lipinski definition) is 9. The van der Waals surface area contributed by atoms with Crippen LogP contribution in [0.25, 0.3) is 11.2 Å². The summed E-state index contributed by atoms with van der Waals surface area (Å²) in [5.41, 5.74) is 4.63. The van der Waals surface area contributed by atoms with Crippen molar-refractivity contribution in [2.45, 2.75) is 127 Å². The fourth-order valence-electron chi connectivity index (χ4n) is 9.44. The van der Waals surface area contributed by atoms with Gasteiger partial charge in [0.2, 0.25) is 29.6 Å². The molecule has 0 aliphatic carbocycles. The second-order valence-electron chi connectivity index (χ2n) is 18.1. The molecule has 0 bridgehead atoms. The SMILES string of the molecule is CCCCC(=O)N1CCC[C@H]1C(=O)N1CCC[C@H]1C(=O)N1CCC[C@H]1C(=O)N1CCC(OP(=O)(O)OP(=O)(O)OP(=O)(O)OP(=O)(O)OP(=O)(O)OP(=O)(O)OC[C@H]2O[C@@H](n3cnc4c(=O)[nH]c(N)nc43)C[C@H]2O)CC1. The minimum Gasteiger partial charge on any atom is -0.390 e. The molecule has 7 rings (SSSR count). The molecule has 5 fully saturated rings. The predicted octanol–water partition coefficient (Wildman–Crippen LogP) is 1.22. The second kappa shape index (κ2) is 23.9. The predicted molar refractivity (Wildman–Crippen MR) is 252 cm³/mol. The number of anilines is 1. The number of H-pyrrole nitrogens is 1. The Balaban J connectivity index is 0.850. The number of phosphoric ester groups is 2. The van der Waals surface area contributed by atoms with Crippen LogP contribution in [0.3, 0.4) is 0 Å². The normalized spacial score (nSPS) is 28.4. The van der Waals surface area contributed by atoms with Gasteiger partial charge in [-0.15, -0.1) is 0 Å². The van der Waals surface area contributed by atoms with Crippen molar-refractivity contribution < 1.29 is 116 Å². The lowest BCUT2D eigenvalue weighted by Crippen LogP contribution is -2.56. The summed E-state index contributed by atoms with van der Waals surface area (Å²) < 4.78 is 110. The smallest absolute Gasteiger partial charge is 0.390 e. The Labute approximate surface area is 430 Å². The van der Waals surface area contributed by atoms with Crippen molar-refractivity contribution in [2.24, 2.45) is 0 Å². The summed E-state index contributed by atoms with van der Waals surface area (Å²) in [6.07, 6.45) is -0.254. The van der Waals surface area contributed by atoms with Gasteiger partial charge in [-0.25, -0.2) is 32.4 Å². The van der Waals surface area contributed by atoms with Gasteiger partial charge in [-0.2, -0.15) is 26.5 Å². The van der Waals surface area contributed by atoms with Gasteiger partial charge in [0, 0.05) is 45.6 Å². The summed E-state index contributed by atoms with van der Waals surface area (Å²) in [5, 5.41) is 10.4. The molecule has 5 aliphatic rings. The lowest BCUT2D eigenvalue weighted by molar-refractivity contribution is -0.152. The third-order valence-electron chi connectivity index (χ3n) is 12.7. The van der Waals surface area contributed by atoms with Gasteiger partial charge in [-0.1, -0.05) is 13.3 Å². The molecule has 5 saturated heterocycles. The Morgan fingerprint density at radius 3 is 1.74 bits per heavy atom. The molecule has 0 aromatic carbocycles. The first kappa shape index (κ1) is 60.5. The van der Waals surface area contributed by atoms with Gasteiger partial charge >= 0.3 is 46.9 Å². The number of unbranched alkanes of at least 4 members (excludes halogenated alkanes) is 1. The molecular formula is C35H57N9O26P6. The Kier molecular flexibility index (Phi) is 19.0. The number of carbonyl (C=O) groups excluding carboxylic acids is 4. The van der Waals surface area contributed by atoms with Gasteiger partial charge in [0.25, 0.3) is 5.56 Å². The standard InChI is InChI=1S/C35H57N9O26P6/c1-2-3-10-27(46)41-13-4-8-23(41)33(49)43-15-6-9-24(43)34(50)42-14-5-7-22(42)32(48)40-16-11-21(12-17-40)65-72(53,54)67-74(57,58)69-76(61,62)70-75(59,60)68-73(55,56)66-71(51,52)63-19-26-25(45)18-28(64-26)44-20-37-29-30(44)38-35(36)39-31(29)47/h20-26,28,45H,2-19H2,1H3,(H,51,52)(H,53,54)(H,55,56)(H,57,58)(H,59,60)(H,61,62)(H3,36,38,39,47)/t22-,23-,24-,25+,26+,28+/m0/s1. The van der Waals surface area contributed by atoms with Crippen molar-refractivity contribution in [3.05, 3.63) is 16.7 Å². The van der Waals surface area contributed by atoms with E-state index in [0.717, 1.165) is 12.7 Å². The highest BCUT2D eigenvalue weighted by Crippen LogP contribution is 2.75. The van der Waals surface area contributed by atoms with E-state index in [4.69, 9.17) is 15.0 Å². The highest BCUT2D eigenvalue weighted by atomic mass is 31.3. The van der Waals surface area contributed by atoms with Crippen LogP contribution in [0.4, 0.5) is 5.95 Å². The number of hydrogen-bond acceptors (Lipinski definition) is 23. The monoisotopic (exact) mass is 1210 g/mol. The summed E-state index contributed by atoms with van der Waals surface area (Å²) in [7, 11) is -37.6. The number of amides is 4. The number of nitrogen functional groups attached to an aromatic ring is 1. The fraction of sp³-hybridized carbons (Fsp3) is 0.743. The van der Waals surface area contributed by atoms with Gasteiger partial charge in [-0.05, 0) is 57.8 Å². The quantitative estimate of drug-likeness (QED) is 0.0748. The fourth-order valence-corrected chi connectivity index (χ4v) is 17.5. The number of aromatic nitrogens is 4. The lowest BCUT2D eigenvalue weighted by Gasteiger charge is -2.37. The van der Waals surface area contributed by atoms with Gasteiger partial charge in [0.15, 0.2) is 11.2 Å². The average molecular weight is 1210 g/mol. The maximum absolute atomic E-state index is 14.0. The first-order chi connectivity index (χ1) is 35.4. The first-order valence-electron chi connectivity index (χ1n) is 23.5. The Morgan fingerprint density at radius 1 is 0.711 bits per heavy atom. The summed E-state index contributed by atoms with van der Waals surface area (Å²) >= 11 is 0. The van der Waals surface area contributed by atoms with E-state index in [1.807, 2.05) is 6.92 Å². The van der Waals surface area contributed by atoms with Crippen LogP contribution < -0.4 is 11.3 Å². The zero-order chi connectivity index (χ0) is 55.8. The number of carbonyl (C=O) groups is 4. The van der Waals surface area contributed by atoms with E-state index in [0.29, 0.717) is 64.5 Å². The number of aromatic amines is 1. The molecule has 0 radical (unpaired) electrons. The zero-order valence-corrected chi connectivity index (χ0v) is 45.5. The minimum absolute atomic E-state index is 0.0713. The van der Waals surface area contributed by atoms with Crippen molar-refractivity contribution in [3.63, 3.8) is 0 Å². The highest BCUT2D eigenvalue weighted by Gasteiger charge is 2.51. The van der Waals surface area contributed by atoms with E-state index in [9.17, 15) is 85.8 Å². The van der Waals surface area contributed by atoms with Crippen LogP contribution in [0.2, 0.25) is 0 Å². The van der Waals surface area contributed by atoms with E-state index in [-0.39, 0.29) is 67.8 Å². The zero-order valence-electron chi connectivity index (χ0n) is 40.1. The van der Waals surface area contributed by atoms with Crippen LogP contribution in [0, 0.1) is 0 Å². The Morgan fingerprint density at radius 2 is 1.20 bits per heavy atom. The molecule has 2 aromatic rings. The number of rotatable bonds is 22. The third-order valence-corrected chi connectivity index (χ3v) is 22.0. The number of likely N-dealkylation sites (tertiary alicyclic amines) is 4. The highest BCUT2D eigenvalue weighted by molar-refractivity contribution is 7.72. The second-order valence-corrected chi connectivity index (χ2v) is 27.4. The van der Waals surface area contributed by atoms with Gasteiger partial charge in [0.1, 0.15) is 30.5 Å². The number of nitrogens with one attached hydrogen (secondary N) is 1. The number of fused-ring (bicyclic) bond motifs is 1. The molecule has 12 atom stereocenters. The molecule has 7 heterocycles. The van der Waals surface area contributed by atoms with Crippen molar-refractivity contribution >= 4 is 87.7 Å². The molecule has 5 aliphatic heterocycles. The number of piperidine rings is 1. The average Bonchev–Trinajstić information content (AvgIpc) is 4.15. The topological polar surface area (TPSA) is 489 Å². The molecule has 2 aromatic heterocycles. The van der Waals surface area contributed by atoms with E-state index in [1.165, 1.54) is 19.3 Å². The van der Waals surface area contributed by atoms with Crippen molar-refractivity contribution in [1.82, 2.24) is 39.1 Å². The summed E-state index contributed by atoms with van der Waals surface area (Å²) in [5.74, 6) is -1.55. The summed E-state index contributed by atoms with van der Waals surface area (Å²) in [6, 6.07) is -2.40. The van der Waals surface area contributed by atoms with E-state index in [2.05, 4.69) is 41.0 Å². The molecule has 41 heteroatoms. The Hall–Kier alpha value is -3.19. The molecule has 76 heavy (non-hydrogen) atoms. The summed E-state index contributed by atoms with van der Waals surface area (Å²) in [6.45, 7) is 1.62. The van der Waals surface area contributed by atoms with E-state index in [1.54, 1.807) is 4.90 Å². The Bertz CT molecular complexity index is 2890. The van der Waals surface area contributed by atoms with E-state index < -0.39 is 114 Å². The lowest BCUT2D eigenvalue weighted by atomic mass is 10.1. The number of imidazole rings is 1. The van der Waals surface area contributed by atoms with Crippen LogP contribution in [-0.4, -0.2) is 173 Å². The van der Waals surface area contributed by atoms with Crippen LogP contribution in [0.5, 0.6) is 0 Å². The molecule has 35 nitrogen and oxygen atoms in total. The molecular weight excluding hydrogens is 1150 g/mol. The third kappa shape index (κ3) is 15.2. The maximum atomic E-state index is 14.0. The number of phosphoric acid groups is 6. The summed E-state index contributed by atoms with van der Waals surface area (Å²) in [4.78, 5) is 143. The van der Waals surface area contributed by atoms with Gasteiger partial charge < -0.3 is 64.5 Å². The van der Waals surface area contributed by atoms with Gasteiger partial charge in [-0.3, -0.25) is 42.6 Å². The number of ether oxygens (including phenoxy) is 1. The minimum atomic E-state index is -6.57. The van der Waals surface area contributed by atoms with Crippen LogP contribution in [0.1, 0.15) is 90.2 Å². The van der Waals surface area contributed by atoms with Crippen molar-refractivity contribution in [2.75, 3.05) is 45.1 Å². The number of nitrogens with two attached hydrogens (primary N) is 1. The molecule has 0 spiro atoms. The van der Waals surface area contributed by atoms with Crippen molar-refractivity contribution in [3.8, 4) is 0 Å². The largest absolute Gasteiger partial charge is 0.490 e. The molecule has 428 valence electrons. The number of aliphatic hydroxyl groups excluding tert-OH is 1. The van der Waals surface area contributed by atoms with Crippen molar-refractivity contribution in [1.29, 1.82) is 0 Å². The number of aliphatic hydroxyl groups is 1.